The van der Waals surface area contributed by atoms with Gasteiger partial charge in [0.2, 0.25) is 5.91 Å². The number of aromatic nitrogens is 4. The third-order valence-corrected chi connectivity index (χ3v) is 7.23. The Morgan fingerprint density at radius 1 is 1.03 bits per heavy atom. The van der Waals surface area contributed by atoms with E-state index in [4.69, 9.17) is 0 Å². The van der Waals surface area contributed by atoms with Crippen molar-refractivity contribution in [1.82, 2.24) is 19.2 Å². The Morgan fingerprint density at radius 3 is 2.53 bits per heavy atom. The van der Waals surface area contributed by atoms with Crippen molar-refractivity contribution in [2.45, 2.75) is 18.7 Å². The number of hydrogen-bond acceptors (Lipinski definition) is 5. The maximum absolute atomic E-state index is 13.8. The van der Waals surface area contributed by atoms with E-state index in [1.807, 2.05) is 31.2 Å². The average Bonchev–Trinajstić information content (AvgIpc) is 3.47. The van der Waals surface area contributed by atoms with Crippen LogP contribution in [0.4, 0.5) is 5.69 Å². The second-order valence-electron chi connectivity index (χ2n) is 7.96. The summed E-state index contributed by atoms with van der Waals surface area (Å²) in [5.74, 6) is -0.172. The quantitative estimate of drug-likeness (QED) is 0.389. The molecule has 5 rings (SSSR count). The number of hydrogen-bond donors (Lipinski definition) is 2. The molecule has 0 spiro atoms. The number of aromatic amines is 1. The third-order valence-electron chi connectivity index (χ3n) is 5.51. The van der Waals surface area contributed by atoms with E-state index in [2.05, 4.69) is 20.5 Å². The van der Waals surface area contributed by atoms with Gasteiger partial charge < -0.3 is 5.32 Å². The monoisotopic (exact) mass is 471 g/mol. The van der Waals surface area contributed by atoms with Crippen LogP contribution in [-0.4, -0.2) is 33.5 Å². The van der Waals surface area contributed by atoms with Crippen molar-refractivity contribution in [2.75, 3.05) is 5.32 Å². The van der Waals surface area contributed by atoms with Crippen LogP contribution in [0.2, 0.25) is 0 Å². The maximum atomic E-state index is 13.8. The molecular formula is C25H21N5O3S. The number of aryl methyl sites for hydroxylation is 1. The van der Waals surface area contributed by atoms with Gasteiger partial charge in [-0.15, -0.1) is 0 Å². The van der Waals surface area contributed by atoms with Gasteiger partial charge in [0.15, 0.2) is 5.65 Å². The highest BCUT2D eigenvalue weighted by atomic mass is 32.2. The summed E-state index contributed by atoms with van der Waals surface area (Å²) in [5, 5.41) is 10.2. The molecule has 5 aromatic rings. The Bertz CT molecular complexity index is 1620. The zero-order valence-electron chi connectivity index (χ0n) is 18.5. The lowest BCUT2D eigenvalue weighted by atomic mass is 10.0. The first kappa shape index (κ1) is 21.6. The van der Waals surface area contributed by atoms with Gasteiger partial charge in [0.05, 0.1) is 16.8 Å². The van der Waals surface area contributed by atoms with E-state index >= 15 is 0 Å². The lowest BCUT2D eigenvalue weighted by Gasteiger charge is -2.11. The minimum atomic E-state index is -3.96. The van der Waals surface area contributed by atoms with Gasteiger partial charge in [0, 0.05) is 36.0 Å². The number of pyridine rings is 1. The fourth-order valence-corrected chi connectivity index (χ4v) is 5.43. The third kappa shape index (κ3) is 3.75. The first-order valence-electron chi connectivity index (χ1n) is 10.5. The maximum Gasteiger partial charge on any atom is 0.269 e. The predicted molar refractivity (Wildman–Crippen MR) is 131 cm³/mol. The lowest BCUT2D eigenvalue weighted by Crippen LogP contribution is -2.14. The van der Waals surface area contributed by atoms with Crippen molar-refractivity contribution < 1.29 is 13.2 Å². The van der Waals surface area contributed by atoms with Crippen LogP contribution in [0.5, 0.6) is 0 Å². The van der Waals surface area contributed by atoms with Crippen LogP contribution in [-0.2, 0) is 14.8 Å². The summed E-state index contributed by atoms with van der Waals surface area (Å²) < 4.78 is 28.9. The Hall–Kier alpha value is -4.24. The molecular weight excluding hydrogens is 450 g/mol. The van der Waals surface area contributed by atoms with Crippen LogP contribution in [0.1, 0.15) is 12.5 Å². The van der Waals surface area contributed by atoms with Crippen LogP contribution in [0, 0.1) is 6.92 Å². The molecule has 170 valence electrons. The largest absolute Gasteiger partial charge is 0.326 e. The van der Waals surface area contributed by atoms with Crippen molar-refractivity contribution in [1.29, 1.82) is 0 Å². The van der Waals surface area contributed by atoms with Crippen molar-refractivity contribution in [3.63, 3.8) is 0 Å². The first-order valence-corrected chi connectivity index (χ1v) is 12.0. The molecule has 3 aromatic heterocycles. The van der Waals surface area contributed by atoms with Crippen LogP contribution in [0.15, 0.2) is 84.1 Å². The number of nitrogens with zero attached hydrogens (tertiary/aromatic N) is 3. The van der Waals surface area contributed by atoms with Crippen molar-refractivity contribution >= 4 is 32.7 Å². The number of anilines is 1. The zero-order valence-corrected chi connectivity index (χ0v) is 19.3. The number of carbonyl (C=O) groups excluding carboxylic acids is 1. The van der Waals surface area contributed by atoms with E-state index in [1.54, 1.807) is 55.0 Å². The number of rotatable bonds is 5. The van der Waals surface area contributed by atoms with Crippen LogP contribution in [0.25, 0.3) is 33.4 Å². The normalized spacial score (nSPS) is 11.6. The molecule has 9 heteroatoms. The molecule has 0 saturated carbocycles. The fraction of sp³-hybridized carbons (Fsp3) is 0.0800. The number of nitrogens with one attached hydrogen (secondary N) is 2. The second kappa shape index (κ2) is 8.27. The lowest BCUT2D eigenvalue weighted by molar-refractivity contribution is -0.114. The first-order chi connectivity index (χ1) is 16.3. The smallest absolute Gasteiger partial charge is 0.269 e. The molecule has 0 saturated heterocycles. The molecule has 3 heterocycles. The van der Waals surface area contributed by atoms with Crippen LogP contribution in [0.3, 0.4) is 0 Å². The standard InChI is InChI=1S/C25H21N5O3S/c1-16-6-8-21(9-7-16)34(32,33)30-24(19-14-27-28-15-19)13-23-22(10-11-26-25(23)30)18-4-3-5-20(12-18)29-17(2)31/h3-15H,1-2H3,(H,27,28)(H,29,31). The Morgan fingerprint density at radius 2 is 1.82 bits per heavy atom. The topological polar surface area (TPSA) is 110 Å². The molecule has 2 aromatic carbocycles. The fourth-order valence-electron chi connectivity index (χ4n) is 3.95. The Labute approximate surface area is 196 Å². The molecule has 0 atom stereocenters. The van der Waals surface area contributed by atoms with Gasteiger partial charge in [-0.3, -0.25) is 9.89 Å². The van der Waals surface area contributed by atoms with Gasteiger partial charge in [-0.2, -0.15) is 5.10 Å². The molecule has 0 fully saturated rings. The van der Waals surface area contributed by atoms with Gasteiger partial charge in [0.25, 0.3) is 10.0 Å². The molecule has 0 bridgehead atoms. The van der Waals surface area contributed by atoms with Crippen LogP contribution < -0.4 is 5.32 Å². The molecule has 0 aliphatic heterocycles. The Kier molecular flexibility index (Phi) is 5.25. The molecule has 0 unspecified atom stereocenters. The van der Waals surface area contributed by atoms with Gasteiger partial charge >= 0.3 is 0 Å². The SMILES string of the molecule is CC(=O)Nc1cccc(-c2ccnc3c2cc(-c2cn[nH]c2)n3S(=O)(=O)c2ccc(C)cc2)c1. The molecule has 1 amide bonds. The minimum absolute atomic E-state index is 0.167. The average molecular weight is 472 g/mol. The van der Waals surface area contributed by atoms with Gasteiger partial charge in [-0.05, 0) is 54.4 Å². The summed E-state index contributed by atoms with van der Waals surface area (Å²) in [6, 6.07) is 17.7. The molecule has 34 heavy (non-hydrogen) atoms. The van der Waals surface area contributed by atoms with E-state index in [0.717, 1.165) is 16.7 Å². The van der Waals surface area contributed by atoms with E-state index in [1.165, 1.54) is 10.9 Å². The minimum Gasteiger partial charge on any atom is -0.326 e. The molecule has 0 radical (unpaired) electrons. The van der Waals surface area contributed by atoms with Crippen LogP contribution >= 0.6 is 0 Å². The number of amides is 1. The molecule has 8 nitrogen and oxygen atoms in total. The summed E-state index contributed by atoms with van der Waals surface area (Å²) in [5.41, 5.74) is 4.60. The van der Waals surface area contributed by atoms with Crippen molar-refractivity contribution in [3.8, 4) is 22.4 Å². The molecule has 0 aliphatic rings. The van der Waals surface area contributed by atoms with E-state index in [0.29, 0.717) is 28.0 Å². The number of benzene rings is 2. The summed E-state index contributed by atoms with van der Waals surface area (Å²) in [7, 11) is -3.96. The molecule has 0 aliphatic carbocycles. The number of carbonyl (C=O) groups is 1. The Balaban J connectivity index is 1.78. The summed E-state index contributed by atoms with van der Waals surface area (Å²) >= 11 is 0. The highest BCUT2D eigenvalue weighted by Gasteiger charge is 2.26. The summed E-state index contributed by atoms with van der Waals surface area (Å²) in [6.45, 7) is 3.35. The van der Waals surface area contributed by atoms with Crippen molar-refractivity contribution in [2.24, 2.45) is 0 Å². The van der Waals surface area contributed by atoms with E-state index < -0.39 is 10.0 Å². The zero-order chi connectivity index (χ0) is 23.9. The number of H-pyrrole nitrogens is 1. The molecule has 2 N–H and O–H groups in total. The predicted octanol–water partition coefficient (Wildman–Crippen LogP) is 4.60. The van der Waals surface area contributed by atoms with E-state index in [-0.39, 0.29) is 10.8 Å². The number of fused-ring (bicyclic) bond motifs is 1. The van der Waals surface area contributed by atoms with E-state index in [9.17, 15) is 13.2 Å². The van der Waals surface area contributed by atoms with Gasteiger partial charge in [-0.25, -0.2) is 17.4 Å². The van der Waals surface area contributed by atoms with Gasteiger partial charge in [-0.1, -0.05) is 29.8 Å². The van der Waals surface area contributed by atoms with Gasteiger partial charge in [0.1, 0.15) is 0 Å². The highest BCUT2D eigenvalue weighted by molar-refractivity contribution is 7.90. The second-order valence-corrected chi connectivity index (χ2v) is 9.74. The van der Waals surface area contributed by atoms with Crippen molar-refractivity contribution in [3.05, 3.63) is 84.8 Å². The summed E-state index contributed by atoms with van der Waals surface area (Å²) in [6.07, 6.45) is 4.81. The summed E-state index contributed by atoms with van der Waals surface area (Å²) in [4.78, 5) is 16.1. The highest BCUT2D eigenvalue weighted by Crippen LogP contribution is 2.36.